The van der Waals surface area contributed by atoms with Crippen molar-refractivity contribution in [2.24, 2.45) is 0 Å². The van der Waals surface area contributed by atoms with E-state index in [4.69, 9.17) is 9.79 Å². The van der Waals surface area contributed by atoms with Crippen molar-refractivity contribution < 1.29 is 76.9 Å². The van der Waals surface area contributed by atoms with Gasteiger partial charge in [-0.2, -0.15) is 0 Å². The van der Waals surface area contributed by atoms with Gasteiger partial charge in [-0.05, 0) is 0 Å². The first kappa shape index (κ1) is 26.0. The minimum Gasteiger partial charge on any atom is -0.464 e. The number of carbonyl (C=O) groups is 2. The zero-order valence-electron chi connectivity index (χ0n) is 14.3. The van der Waals surface area contributed by atoms with Crippen molar-refractivity contribution in [3.63, 3.8) is 0 Å². The van der Waals surface area contributed by atoms with E-state index in [1.165, 1.54) is 0 Å². The van der Waals surface area contributed by atoms with E-state index in [0.29, 0.717) is 0 Å². The standard InChI is InChI=1S/C11H20O16P2/c12-3-23-1-5(24-4-13)2-25-29(21,22)27-11-8(16)6(14)7(15)10(9(11)17)26-28(18,19)20/h3-11,14-17H,1-2H2,(H,21,22)(H2,18,19,20)/t5-,6-,7-,8-,9-,10+,11-/m1/s1. The van der Waals surface area contributed by atoms with Gasteiger partial charge < -0.3 is 44.6 Å². The lowest BCUT2D eigenvalue weighted by Gasteiger charge is -2.43. The third kappa shape index (κ3) is 7.97. The highest BCUT2D eigenvalue weighted by molar-refractivity contribution is 7.47. The van der Waals surface area contributed by atoms with Crippen LogP contribution >= 0.6 is 15.6 Å². The molecule has 0 saturated heterocycles. The molecule has 0 heterocycles. The molecule has 18 heteroatoms. The second-order valence-corrected chi connectivity index (χ2v) is 8.24. The summed E-state index contributed by atoms with van der Waals surface area (Å²) >= 11 is 0. The molecule has 0 radical (unpaired) electrons. The van der Waals surface area contributed by atoms with Gasteiger partial charge in [0.05, 0.1) is 6.61 Å². The molecule has 1 saturated carbocycles. The molecule has 1 aliphatic rings. The first-order valence-corrected chi connectivity index (χ1v) is 10.6. The quantitative estimate of drug-likeness (QED) is 0.106. The van der Waals surface area contributed by atoms with Crippen LogP contribution in [0.25, 0.3) is 0 Å². The third-order valence-corrected chi connectivity index (χ3v) is 5.09. The molecule has 0 aromatic heterocycles. The summed E-state index contributed by atoms with van der Waals surface area (Å²) < 4.78 is 44.9. The summed E-state index contributed by atoms with van der Waals surface area (Å²) in [4.78, 5) is 47.8. The number of phosphoric ester groups is 2. The summed E-state index contributed by atoms with van der Waals surface area (Å²) in [6.45, 7) is -1.48. The van der Waals surface area contributed by atoms with Gasteiger partial charge in [0.25, 0.3) is 12.9 Å². The first-order chi connectivity index (χ1) is 13.3. The van der Waals surface area contributed by atoms with E-state index in [9.17, 15) is 44.0 Å². The first-order valence-electron chi connectivity index (χ1n) is 7.59. The third-order valence-electron chi connectivity index (χ3n) is 3.58. The smallest absolute Gasteiger partial charge is 0.464 e. The molecule has 0 amide bonds. The number of hydrogen-bond acceptors (Lipinski definition) is 13. The monoisotopic (exact) mass is 470 g/mol. The van der Waals surface area contributed by atoms with Crippen LogP contribution in [-0.2, 0) is 41.8 Å². The lowest BCUT2D eigenvalue weighted by Crippen LogP contribution is -2.64. The molecule has 0 aromatic rings. The summed E-state index contributed by atoms with van der Waals surface area (Å²) in [5.74, 6) is 0. The Kier molecular flexibility index (Phi) is 9.75. The Morgan fingerprint density at radius 2 is 1.34 bits per heavy atom. The van der Waals surface area contributed by atoms with Crippen LogP contribution in [0.2, 0.25) is 0 Å². The molecule has 0 aromatic carbocycles. The van der Waals surface area contributed by atoms with Crippen molar-refractivity contribution in [1.82, 2.24) is 0 Å². The summed E-state index contributed by atoms with van der Waals surface area (Å²) in [6, 6.07) is 0. The van der Waals surface area contributed by atoms with Crippen LogP contribution in [0.3, 0.4) is 0 Å². The Morgan fingerprint density at radius 3 is 1.83 bits per heavy atom. The van der Waals surface area contributed by atoms with Gasteiger partial charge in [0.2, 0.25) is 0 Å². The zero-order valence-corrected chi connectivity index (χ0v) is 16.1. The Bertz CT molecular complexity index is 636. The molecular weight excluding hydrogens is 450 g/mol. The van der Waals surface area contributed by atoms with Crippen LogP contribution in [-0.4, -0.2) is 104 Å². The summed E-state index contributed by atoms with van der Waals surface area (Å²) in [5, 5.41) is 39.4. The number of aliphatic hydroxyl groups excluding tert-OH is 4. The zero-order chi connectivity index (χ0) is 22.4. The maximum atomic E-state index is 12.0. The molecule has 1 rings (SSSR count). The fraction of sp³-hybridized carbons (Fsp3) is 0.818. The van der Waals surface area contributed by atoms with Crippen LogP contribution in [0.15, 0.2) is 0 Å². The van der Waals surface area contributed by atoms with E-state index >= 15 is 0 Å². The highest BCUT2D eigenvalue weighted by atomic mass is 31.2. The van der Waals surface area contributed by atoms with Crippen LogP contribution < -0.4 is 0 Å². The van der Waals surface area contributed by atoms with Crippen molar-refractivity contribution in [1.29, 1.82) is 0 Å². The minimum absolute atomic E-state index is 0.00120. The topological polar surface area (TPSA) is 256 Å². The highest BCUT2D eigenvalue weighted by Crippen LogP contribution is 2.48. The van der Waals surface area contributed by atoms with Crippen molar-refractivity contribution >= 4 is 28.6 Å². The van der Waals surface area contributed by atoms with Gasteiger partial charge in [-0.3, -0.25) is 23.2 Å². The van der Waals surface area contributed by atoms with Crippen LogP contribution in [0, 0.1) is 0 Å². The van der Waals surface area contributed by atoms with Gasteiger partial charge in [0.1, 0.15) is 43.2 Å². The molecule has 29 heavy (non-hydrogen) atoms. The molecule has 0 aliphatic heterocycles. The average Bonchev–Trinajstić information content (AvgIpc) is 2.62. The average molecular weight is 470 g/mol. The Labute approximate surface area is 162 Å². The van der Waals surface area contributed by atoms with Gasteiger partial charge in [-0.1, -0.05) is 0 Å². The molecule has 8 atom stereocenters. The maximum Gasteiger partial charge on any atom is 0.472 e. The minimum atomic E-state index is -5.30. The van der Waals surface area contributed by atoms with Gasteiger partial charge in [0, 0.05) is 0 Å². The second kappa shape index (κ2) is 10.9. The second-order valence-electron chi connectivity index (χ2n) is 5.64. The number of hydrogen-bond donors (Lipinski definition) is 7. The lowest BCUT2D eigenvalue weighted by molar-refractivity contribution is -0.216. The van der Waals surface area contributed by atoms with Crippen molar-refractivity contribution in [3.05, 3.63) is 0 Å². The maximum absolute atomic E-state index is 12.0. The fourth-order valence-electron chi connectivity index (χ4n) is 2.30. The number of rotatable bonds is 12. The van der Waals surface area contributed by atoms with Crippen LogP contribution in [0.1, 0.15) is 0 Å². The molecule has 1 aliphatic carbocycles. The molecular formula is C11H20O16P2. The number of ether oxygens (including phenoxy) is 2. The molecule has 0 bridgehead atoms. The molecule has 16 nitrogen and oxygen atoms in total. The Morgan fingerprint density at radius 1 is 0.793 bits per heavy atom. The normalized spacial score (nSPS) is 33.3. The molecule has 7 N–H and O–H groups in total. The summed E-state index contributed by atoms with van der Waals surface area (Å²) in [6.07, 6.45) is -14.7. The van der Waals surface area contributed by atoms with Crippen LogP contribution in [0.4, 0.5) is 0 Å². The van der Waals surface area contributed by atoms with Crippen LogP contribution in [0.5, 0.6) is 0 Å². The van der Waals surface area contributed by atoms with Crippen molar-refractivity contribution in [2.75, 3.05) is 13.2 Å². The molecule has 170 valence electrons. The summed E-state index contributed by atoms with van der Waals surface area (Å²) in [5.41, 5.74) is 0. The largest absolute Gasteiger partial charge is 0.472 e. The number of phosphoric acid groups is 2. The highest BCUT2D eigenvalue weighted by Gasteiger charge is 2.54. The fourth-order valence-corrected chi connectivity index (χ4v) is 3.84. The van der Waals surface area contributed by atoms with Gasteiger partial charge >= 0.3 is 15.6 Å². The summed E-state index contributed by atoms with van der Waals surface area (Å²) in [7, 11) is -10.5. The SMILES string of the molecule is O=COC[C@H](COP(=O)(O)O[C@H]1[C@H](O)[C@@H](OP(=O)(O)O)[C@H](O)[C@@H](O)[C@H]1O)OC=O. The van der Waals surface area contributed by atoms with E-state index in [1.807, 2.05) is 0 Å². The molecule has 1 unspecified atom stereocenters. The van der Waals surface area contributed by atoms with E-state index in [-0.39, 0.29) is 12.9 Å². The van der Waals surface area contributed by atoms with Gasteiger partial charge in [-0.15, -0.1) is 0 Å². The molecule has 0 spiro atoms. The van der Waals surface area contributed by atoms with E-state index in [0.717, 1.165) is 0 Å². The molecule has 1 fully saturated rings. The van der Waals surface area contributed by atoms with Crippen molar-refractivity contribution in [2.45, 2.75) is 42.7 Å². The van der Waals surface area contributed by atoms with E-state index < -0.39 is 71.6 Å². The van der Waals surface area contributed by atoms with Gasteiger partial charge in [-0.25, -0.2) is 9.13 Å². The van der Waals surface area contributed by atoms with E-state index in [1.54, 1.807) is 0 Å². The number of aliphatic hydroxyl groups is 4. The predicted molar refractivity (Wildman–Crippen MR) is 84.5 cm³/mol. The van der Waals surface area contributed by atoms with Gasteiger partial charge in [0.15, 0.2) is 6.10 Å². The predicted octanol–water partition coefficient (Wildman–Crippen LogP) is -3.86. The Balaban J connectivity index is 2.88. The number of carbonyl (C=O) groups excluding carboxylic acids is 2. The Hall–Kier alpha value is -1.00. The lowest BCUT2D eigenvalue weighted by atomic mass is 9.85. The van der Waals surface area contributed by atoms with Crippen molar-refractivity contribution in [3.8, 4) is 0 Å². The van der Waals surface area contributed by atoms with E-state index in [2.05, 4.69) is 23.0 Å².